The van der Waals surface area contributed by atoms with Crippen molar-refractivity contribution in [2.75, 3.05) is 0 Å². The van der Waals surface area contributed by atoms with Gasteiger partial charge in [0.15, 0.2) is 5.78 Å². The Morgan fingerprint density at radius 1 is 1.30 bits per heavy atom. The highest BCUT2D eigenvalue weighted by Gasteiger charge is 2.33. The van der Waals surface area contributed by atoms with Crippen LogP contribution >= 0.6 is 11.3 Å². The Morgan fingerprint density at radius 3 is 2.65 bits per heavy atom. The fourth-order valence-electron chi connectivity index (χ4n) is 3.38. The van der Waals surface area contributed by atoms with Gasteiger partial charge in [0, 0.05) is 21.1 Å². The first-order chi connectivity index (χ1) is 9.50. The van der Waals surface area contributed by atoms with E-state index >= 15 is 0 Å². The molecule has 0 amide bonds. The fraction of sp³-hybridized carbons (Fsp3) is 0.389. The molecule has 104 valence electrons. The molecule has 0 saturated heterocycles. The van der Waals surface area contributed by atoms with Gasteiger partial charge >= 0.3 is 0 Å². The van der Waals surface area contributed by atoms with Gasteiger partial charge in [0.05, 0.1) is 0 Å². The van der Waals surface area contributed by atoms with Crippen LogP contribution in [0.4, 0.5) is 0 Å². The largest absolute Gasteiger partial charge is 0.295 e. The lowest BCUT2D eigenvalue weighted by Crippen LogP contribution is -2.04. The number of benzene rings is 1. The van der Waals surface area contributed by atoms with E-state index in [0.717, 1.165) is 12.0 Å². The Kier molecular flexibility index (Phi) is 3.29. The van der Waals surface area contributed by atoms with Crippen molar-refractivity contribution in [3.8, 4) is 0 Å². The highest BCUT2D eigenvalue weighted by molar-refractivity contribution is 7.20. The molecule has 2 heteroatoms. The van der Waals surface area contributed by atoms with Crippen LogP contribution in [0.5, 0.6) is 0 Å². The molecular weight excluding hydrogens is 264 g/mol. The Bertz CT molecular complexity index is 718. The van der Waals surface area contributed by atoms with E-state index in [0.29, 0.717) is 5.92 Å². The second kappa shape index (κ2) is 4.85. The van der Waals surface area contributed by atoms with E-state index < -0.39 is 0 Å². The van der Waals surface area contributed by atoms with Gasteiger partial charge in [-0.25, -0.2) is 0 Å². The zero-order valence-corrected chi connectivity index (χ0v) is 13.3. The number of thiophene rings is 1. The van der Waals surface area contributed by atoms with Crippen LogP contribution in [0.25, 0.3) is 15.7 Å². The average molecular weight is 284 g/mol. The van der Waals surface area contributed by atoms with Gasteiger partial charge in [0.25, 0.3) is 0 Å². The lowest BCUT2D eigenvalue weighted by Gasteiger charge is -2.11. The standard InChI is InChI=1S/C18H20OS/c1-10(2)9-14-16(12(4)19)11(3)17-13-7-5-6-8-15(13)20-18(14)17/h5-8,10-11H,9H2,1-4H3. The van der Waals surface area contributed by atoms with E-state index in [1.54, 1.807) is 6.92 Å². The first kappa shape index (κ1) is 13.6. The lowest BCUT2D eigenvalue weighted by atomic mass is 9.92. The van der Waals surface area contributed by atoms with Gasteiger partial charge in [0.1, 0.15) is 0 Å². The fourth-order valence-corrected chi connectivity index (χ4v) is 4.74. The van der Waals surface area contributed by atoms with Crippen LogP contribution in [0.2, 0.25) is 0 Å². The van der Waals surface area contributed by atoms with Crippen molar-refractivity contribution in [3.05, 3.63) is 40.3 Å². The van der Waals surface area contributed by atoms with Crippen LogP contribution in [-0.2, 0) is 4.79 Å². The van der Waals surface area contributed by atoms with Gasteiger partial charge in [-0.1, -0.05) is 39.0 Å². The number of fused-ring (bicyclic) bond motifs is 3. The number of hydrogen-bond donors (Lipinski definition) is 0. The lowest BCUT2D eigenvalue weighted by molar-refractivity contribution is -0.113. The number of carbonyl (C=O) groups is 1. The molecule has 1 aliphatic rings. The van der Waals surface area contributed by atoms with Gasteiger partial charge in [-0.05, 0) is 41.9 Å². The number of ketones is 1. The summed E-state index contributed by atoms with van der Waals surface area (Å²) in [7, 11) is 0. The quantitative estimate of drug-likeness (QED) is 0.736. The number of carbonyl (C=O) groups excluding carboxylic acids is 1. The summed E-state index contributed by atoms with van der Waals surface area (Å²) in [6.07, 6.45) is 0.999. The third-order valence-corrected chi connectivity index (χ3v) is 5.34. The molecule has 0 bridgehead atoms. The van der Waals surface area contributed by atoms with Gasteiger partial charge in [-0.15, -0.1) is 11.3 Å². The minimum atomic E-state index is 0.237. The molecule has 1 unspecified atom stereocenters. The van der Waals surface area contributed by atoms with Gasteiger partial charge in [0.2, 0.25) is 0 Å². The highest BCUT2D eigenvalue weighted by atomic mass is 32.1. The second-order valence-electron chi connectivity index (χ2n) is 6.11. The molecule has 0 saturated carbocycles. The summed E-state index contributed by atoms with van der Waals surface area (Å²) in [5.41, 5.74) is 3.73. The molecule has 1 aliphatic carbocycles. The highest BCUT2D eigenvalue weighted by Crippen LogP contribution is 2.51. The number of rotatable bonds is 3. The second-order valence-corrected chi connectivity index (χ2v) is 7.16. The van der Waals surface area contributed by atoms with Crippen molar-refractivity contribution in [2.24, 2.45) is 5.92 Å². The SMILES string of the molecule is CC(=O)C1=C(CC(C)C)c2sc3ccccc3c2C1C. The molecule has 1 nitrogen and oxygen atoms in total. The number of allylic oxidation sites excluding steroid dienone is 2. The number of hydrogen-bond acceptors (Lipinski definition) is 2. The zero-order chi connectivity index (χ0) is 14.4. The summed E-state index contributed by atoms with van der Waals surface area (Å²) in [6.45, 7) is 8.34. The van der Waals surface area contributed by atoms with Crippen LogP contribution in [0.15, 0.2) is 29.8 Å². The van der Waals surface area contributed by atoms with Crippen LogP contribution < -0.4 is 0 Å². The van der Waals surface area contributed by atoms with Crippen molar-refractivity contribution < 1.29 is 4.79 Å². The van der Waals surface area contributed by atoms with Crippen molar-refractivity contribution in [1.29, 1.82) is 0 Å². The zero-order valence-electron chi connectivity index (χ0n) is 12.5. The normalized spacial score (nSPS) is 18.1. The first-order valence-corrected chi connectivity index (χ1v) is 8.08. The summed E-state index contributed by atoms with van der Waals surface area (Å²) in [4.78, 5) is 13.5. The van der Waals surface area contributed by atoms with Crippen molar-refractivity contribution >= 4 is 32.8 Å². The minimum absolute atomic E-state index is 0.237. The molecule has 0 aliphatic heterocycles. The molecule has 0 N–H and O–H groups in total. The summed E-state index contributed by atoms with van der Waals surface area (Å²) in [6, 6.07) is 8.56. The molecule has 1 heterocycles. The average Bonchev–Trinajstić information content (AvgIpc) is 2.86. The van der Waals surface area contributed by atoms with Crippen LogP contribution in [0.1, 0.15) is 50.5 Å². The van der Waals surface area contributed by atoms with Crippen molar-refractivity contribution in [2.45, 2.75) is 40.0 Å². The first-order valence-electron chi connectivity index (χ1n) is 7.26. The molecule has 20 heavy (non-hydrogen) atoms. The topological polar surface area (TPSA) is 17.1 Å². The van der Waals surface area contributed by atoms with Gasteiger partial charge < -0.3 is 0 Å². The maximum Gasteiger partial charge on any atom is 0.156 e. The van der Waals surface area contributed by atoms with Gasteiger partial charge in [-0.2, -0.15) is 0 Å². The van der Waals surface area contributed by atoms with E-state index in [1.807, 2.05) is 11.3 Å². The predicted octanol–water partition coefficient (Wildman–Crippen LogP) is 5.41. The van der Waals surface area contributed by atoms with Crippen LogP contribution in [-0.4, -0.2) is 5.78 Å². The van der Waals surface area contributed by atoms with E-state index in [9.17, 15) is 4.79 Å². The van der Waals surface area contributed by atoms with Crippen molar-refractivity contribution in [1.82, 2.24) is 0 Å². The molecule has 2 aromatic rings. The third kappa shape index (κ3) is 1.94. The molecule has 1 aromatic carbocycles. The summed E-state index contributed by atoms with van der Waals surface area (Å²) >= 11 is 1.85. The summed E-state index contributed by atoms with van der Waals surface area (Å²) < 4.78 is 1.34. The molecule has 0 fully saturated rings. The van der Waals surface area contributed by atoms with E-state index in [-0.39, 0.29) is 11.7 Å². The minimum Gasteiger partial charge on any atom is -0.295 e. The monoisotopic (exact) mass is 284 g/mol. The van der Waals surface area contributed by atoms with Crippen LogP contribution in [0.3, 0.4) is 0 Å². The molecule has 1 atom stereocenters. The maximum absolute atomic E-state index is 12.1. The van der Waals surface area contributed by atoms with E-state index in [1.165, 1.54) is 26.1 Å². The Hall–Kier alpha value is -1.41. The summed E-state index contributed by atoms with van der Waals surface area (Å²) in [5.74, 6) is 1.05. The Morgan fingerprint density at radius 2 is 2.00 bits per heavy atom. The predicted molar refractivity (Wildman–Crippen MR) is 87.3 cm³/mol. The Labute approximate surface area is 124 Å². The Balaban J connectivity index is 2.26. The molecular formula is C18H20OS. The molecule has 3 rings (SSSR count). The van der Waals surface area contributed by atoms with E-state index in [2.05, 4.69) is 45.0 Å². The molecule has 0 radical (unpaired) electrons. The molecule has 1 aromatic heterocycles. The third-order valence-electron chi connectivity index (χ3n) is 4.09. The van der Waals surface area contributed by atoms with Crippen molar-refractivity contribution in [3.63, 3.8) is 0 Å². The number of Topliss-reactive ketones (excluding diaryl/α,β-unsaturated/α-hetero) is 1. The van der Waals surface area contributed by atoms with Gasteiger partial charge in [-0.3, -0.25) is 4.79 Å². The smallest absolute Gasteiger partial charge is 0.156 e. The maximum atomic E-state index is 12.1. The molecule has 0 spiro atoms. The van der Waals surface area contributed by atoms with Crippen LogP contribution in [0, 0.1) is 5.92 Å². The van der Waals surface area contributed by atoms with E-state index in [4.69, 9.17) is 0 Å². The summed E-state index contributed by atoms with van der Waals surface area (Å²) in [5, 5.41) is 1.33.